The van der Waals surface area contributed by atoms with E-state index in [-0.39, 0.29) is 0 Å². The lowest BCUT2D eigenvalue weighted by molar-refractivity contribution is 0.182. The van der Waals surface area contributed by atoms with Gasteiger partial charge in [0.25, 0.3) is 0 Å². The molecule has 1 fully saturated rings. The summed E-state index contributed by atoms with van der Waals surface area (Å²) in [5.41, 5.74) is 6.12. The molecule has 0 aromatic heterocycles. The molecule has 0 spiro atoms. The van der Waals surface area contributed by atoms with Crippen LogP contribution in [-0.4, -0.2) is 30.1 Å². The number of nitrogens with two attached hydrogens (primary N) is 1. The Kier molecular flexibility index (Phi) is 5.77. The maximum Gasteiger partial charge on any atom is 0.00676 e. The molecule has 2 N–H and O–H groups in total. The Morgan fingerprint density at radius 2 is 1.88 bits per heavy atom. The third-order valence-electron chi connectivity index (χ3n) is 3.83. The molecule has 96 valence electrons. The molecule has 0 saturated heterocycles. The highest BCUT2D eigenvalue weighted by Gasteiger charge is 2.24. The average molecular weight is 226 g/mol. The van der Waals surface area contributed by atoms with E-state index in [4.69, 9.17) is 5.73 Å². The lowest BCUT2D eigenvalue weighted by Crippen LogP contribution is -2.37. The normalized spacial score (nSPS) is 26.2. The van der Waals surface area contributed by atoms with Gasteiger partial charge >= 0.3 is 0 Å². The number of rotatable bonds is 6. The monoisotopic (exact) mass is 226 g/mol. The van der Waals surface area contributed by atoms with E-state index >= 15 is 0 Å². The zero-order chi connectivity index (χ0) is 12.1. The van der Waals surface area contributed by atoms with Gasteiger partial charge in [0.1, 0.15) is 0 Å². The van der Waals surface area contributed by atoms with Crippen molar-refractivity contribution < 1.29 is 0 Å². The van der Waals surface area contributed by atoms with Gasteiger partial charge in [0.05, 0.1) is 0 Å². The van der Waals surface area contributed by atoms with Gasteiger partial charge in [-0.2, -0.15) is 0 Å². The van der Waals surface area contributed by atoms with Gasteiger partial charge in [-0.1, -0.05) is 20.3 Å². The molecule has 1 rings (SSSR count). The van der Waals surface area contributed by atoms with Gasteiger partial charge in [0, 0.05) is 18.6 Å². The molecule has 0 aromatic carbocycles. The van der Waals surface area contributed by atoms with Gasteiger partial charge in [-0.15, -0.1) is 0 Å². The minimum atomic E-state index is 0.480. The summed E-state index contributed by atoms with van der Waals surface area (Å²) < 4.78 is 0. The quantitative estimate of drug-likeness (QED) is 0.754. The molecule has 1 saturated carbocycles. The van der Waals surface area contributed by atoms with Gasteiger partial charge < -0.3 is 10.6 Å². The Labute approximate surface area is 102 Å². The standard InChI is InChI=1S/C14H30N2/c1-11(2)10-16(12(3)4)9-8-13-6-5-7-14(13)15/h11-14H,5-10,15H2,1-4H3. The smallest absolute Gasteiger partial charge is 0.00676 e. The molecule has 2 atom stereocenters. The van der Waals surface area contributed by atoms with Crippen LogP contribution in [0.5, 0.6) is 0 Å². The molecule has 2 nitrogen and oxygen atoms in total. The second-order valence-corrected chi connectivity index (χ2v) is 6.13. The summed E-state index contributed by atoms with van der Waals surface area (Å²) in [4.78, 5) is 2.61. The van der Waals surface area contributed by atoms with Gasteiger partial charge in [-0.25, -0.2) is 0 Å². The van der Waals surface area contributed by atoms with E-state index in [2.05, 4.69) is 32.6 Å². The summed E-state index contributed by atoms with van der Waals surface area (Å²) in [6.07, 6.45) is 5.25. The van der Waals surface area contributed by atoms with Gasteiger partial charge in [0.2, 0.25) is 0 Å². The molecular formula is C14H30N2. The van der Waals surface area contributed by atoms with E-state index in [0.717, 1.165) is 11.8 Å². The predicted octanol–water partition coefficient (Wildman–Crippen LogP) is 2.87. The molecule has 16 heavy (non-hydrogen) atoms. The molecule has 0 bridgehead atoms. The fraction of sp³-hybridized carbons (Fsp3) is 1.00. The van der Waals surface area contributed by atoms with Crippen molar-refractivity contribution in [3.05, 3.63) is 0 Å². The second-order valence-electron chi connectivity index (χ2n) is 6.13. The Bertz CT molecular complexity index is 189. The van der Waals surface area contributed by atoms with E-state index in [1.54, 1.807) is 0 Å². The number of nitrogens with zero attached hydrogens (tertiary/aromatic N) is 1. The van der Waals surface area contributed by atoms with Crippen molar-refractivity contribution >= 4 is 0 Å². The van der Waals surface area contributed by atoms with Crippen molar-refractivity contribution in [3.8, 4) is 0 Å². The van der Waals surface area contributed by atoms with Crippen molar-refractivity contribution in [2.45, 2.75) is 65.5 Å². The van der Waals surface area contributed by atoms with Crippen LogP contribution >= 0.6 is 0 Å². The summed E-state index contributed by atoms with van der Waals surface area (Å²) >= 11 is 0. The molecule has 0 heterocycles. The van der Waals surface area contributed by atoms with Crippen molar-refractivity contribution in [2.24, 2.45) is 17.6 Å². The van der Waals surface area contributed by atoms with E-state index < -0.39 is 0 Å². The highest BCUT2D eigenvalue weighted by molar-refractivity contribution is 4.81. The van der Waals surface area contributed by atoms with E-state index in [1.807, 2.05) is 0 Å². The third kappa shape index (κ3) is 4.42. The Morgan fingerprint density at radius 1 is 1.19 bits per heavy atom. The lowest BCUT2D eigenvalue weighted by Gasteiger charge is -2.30. The number of hydrogen-bond acceptors (Lipinski definition) is 2. The minimum absolute atomic E-state index is 0.480. The van der Waals surface area contributed by atoms with Crippen molar-refractivity contribution in [2.75, 3.05) is 13.1 Å². The molecule has 0 aliphatic heterocycles. The summed E-state index contributed by atoms with van der Waals surface area (Å²) in [6.45, 7) is 11.7. The summed E-state index contributed by atoms with van der Waals surface area (Å²) in [7, 11) is 0. The first kappa shape index (κ1) is 14.0. The Hall–Kier alpha value is -0.0800. The van der Waals surface area contributed by atoms with Gasteiger partial charge in [0.15, 0.2) is 0 Å². The first-order valence-electron chi connectivity index (χ1n) is 7.00. The van der Waals surface area contributed by atoms with Crippen molar-refractivity contribution in [1.82, 2.24) is 4.90 Å². The predicted molar refractivity (Wildman–Crippen MR) is 71.5 cm³/mol. The molecule has 0 radical (unpaired) electrons. The third-order valence-corrected chi connectivity index (χ3v) is 3.83. The minimum Gasteiger partial charge on any atom is -0.327 e. The molecule has 2 heteroatoms. The molecule has 1 aliphatic carbocycles. The Morgan fingerprint density at radius 3 is 2.31 bits per heavy atom. The van der Waals surface area contributed by atoms with Gasteiger partial charge in [-0.05, 0) is 51.5 Å². The van der Waals surface area contributed by atoms with Crippen molar-refractivity contribution in [1.29, 1.82) is 0 Å². The van der Waals surface area contributed by atoms with Crippen LogP contribution in [0.2, 0.25) is 0 Å². The van der Waals surface area contributed by atoms with E-state index in [0.29, 0.717) is 12.1 Å². The van der Waals surface area contributed by atoms with Gasteiger partial charge in [-0.3, -0.25) is 0 Å². The summed E-state index contributed by atoms with van der Waals surface area (Å²) in [5, 5.41) is 0. The fourth-order valence-corrected chi connectivity index (χ4v) is 2.78. The fourth-order valence-electron chi connectivity index (χ4n) is 2.78. The number of hydrogen-bond donors (Lipinski definition) is 1. The maximum absolute atomic E-state index is 6.12. The highest BCUT2D eigenvalue weighted by atomic mass is 15.1. The van der Waals surface area contributed by atoms with Crippen LogP contribution in [0.4, 0.5) is 0 Å². The molecule has 0 amide bonds. The van der Waals surface area contributed by atoms with E-state index in [1.165, 1.54) is 38.8 Å². The second kappa shape index (κ2) is 6.61. The molecule has 0 aromatic rings. The van der Waals surface area contributed by atoms with Crippen LogP contribution in [-0.2, 0) is 0 Å². The van der Waals surface area contributed by atoms with Crippen LogP contribution in [0.1, 0.15) is 53.4 Å². The molecule has 2 unspecified atom stereocenters. The maximum atomic E-state index is 6.12. The molecular weight excluding hydrogens is 196 g/mol. The lowest BCUT2D eigenvalue weighted by atomic mass is 9.99. The van der Waals surface area contributed by atoms with Crippen LogP contribution in [0.15, 0.2) is 0 Å². The average Bonchev–Trinajstić information content (AvgIpc) is 2.57. The zero-order valence-corrected chi connectivity index (χ0v) is 11.6. The SMILES string of the molecule is CC(C)CN(CCC1CCCC1N)C(C)C. The topological polar surface area (TPSA) is 29.3 Å². The molecule has 1 aliphatic rings. The Balaban J connectivity index is 2.31. The largest absolute Gasteiger partial charge is 0.327 e. The highest BCUT2D eigenvalue weighted by Crippen LogP contribution is 2.27. The summed E-state index contributed by atoms with van der Waals surface area (Å²) in [5.74, 6) is 1.55. The van der Waals surface area contributed by atoms with Crippen LogP contribution < -0.4 is 5.73 Å². The van der Waals surface area contributed by atoms with Crippen LogP contribution in [0.25, 0.3) is 0 Å². The van der Waals surface area contributed by atoms with E-state index in [9.17, 15) is 0 Å². The van der Waals surface area contributed by atoms with Crippen LogP contribution in [0.3, 0.4) is 0 Å². The zero-order valence-electron chi connectivity index (χ0n) is 11.6. The summed E-state index contributed by atoms with van der Waals surface area (Å²) in [6, 6.07) is 1.15. The first-order valence-corrected chi connectivity index (χ1v) is 7.00. The van der Waals surface area contributed by atoms with Crippen LogP contribution in [0, 0.1) is 11.8 Å². The first-order chi connectivity index (χ1) is 7.50. The van der Waals surface area contributed by atoms with Crippen molar-refractivity contribution in [3.63, 3.8) is 0 Å².